The van der Waals surface area contributed by atoms with Gasteiger partial charge in [0.15, 0.2) is 0 Å². The molecule has 0 aliphatic carbocycles. The topological polar surface area (TPSA) is 76.1 Å². The molecule has 0 bridgehead atoms. The molecule has 0 saturated heterocycles. The molecule has 0 rings (SSSR count). The molecule has 4 nitrogen and oxygen atoms in total. The van der Waals surface area contributed by atoms with Gasteiger partial charge in [-0.15, -0.1) is 0 Å². The summed E-state index contributed by atoms with van der Waals surface area (Å²) in [5, 5.41) is 7.17. The number of nitrogens with one attached hydrogen (secondary N) is 2. The molecule has 182 valence electrons. The van der Waals surface area contributed by atoms with Crippen molar-refractivity contribution in [2.45, 2.75) is 103 Å². The molecule has 6 heteroatoms. The zero-order chi connectivity index (χ0) is 21.8. The largest absolute Gasteiger partial charge is 0.330 e. The normalized spacial score (nSPS) is 11.4. The molecular weight excluding hydrogens is 408 g/mol. The van der Waals surface area contributed by atoms with Crippen LogP contribution in [0.25, 0.3) is 0 Å². The molecule has 0 atom stereocenters. The fourth-order valence-electron chi connectivity index (χ4n) is 3.51. The van der Waals surface area contributed by atoms with E-state index >= 15 is 0 Å². The van der Waals surface area contributed by atoms with Crippen molar-refractivity contribution in [3.05, 3.63) is 0 Å². The lowest BCUT2D eigenvalue weighted by Gasteiger charge is -2.06. The van der Waals surface area contributed by atoms with Crippen LogP contribution >= 0.6 is 21.6 Å². The average Bonchev–Trinajstić information content (AvgIpc) is 2.76. The first kappa shape index (κ1) is 30.5. The highest BCUT2D eigenvalue weighted by molar-refractivity contribution is 8.76. The van der Waals surface area contributed by atoms with Crippen molar-refractivity contribution in [1.29, 1.82) is 0 Å². The number of hydrogen-bond acceptors (Lipinski definition) is 6. The van der Waals surface area contributed by atoms with E-state index < -0.39 is 0 Å². The van der Waals surface area contributed by atoms with E-state index in [-0.39, 0.29) is 0 Å². The van der Waals surface area contributed by atoms with Gasteiger partial charge in [-0.05, 0) is 51.9 Å². The minimum Gasteiger partial charge on any atom is -0.330 e. The van der Waals surface area contributed by atoms with E-state index in [4.69, 9.17) is 11.5 Å². The summed E-state index contributed by atoms with van der Waals surface area (Å²) in [5.41, 5.74) is 11.0. The lowest BCUT2D eigenvalue weighted by molar-refractivity contribution is 0.556. The standard InChI is InChI=1S/C24H54N4S2/c25-17-13-9-5-1-3-7-11-15-19-27-21-23-29-30-24-22-28-20-16-12-8-4-2-6-10-14-18-26/h27-28H,1-26H2. The van der Waals surface area contributed by atoms with Crippen LogP contribution in [-0.2, 0) is 0 Å². The second-order valence-electron chi connectivity index (χ2n) is 8.38. The van der Waals surface area contributed by atoms with Gasteiger partial charge in [0.1, 0.15) is 0 Å². The van der Waals surface area contributed by atoms with Gasteiger partial charge in [-0.25, -0.2) is 0 Å². The second kappa shape index (κ2) is 29.5. The number of rotatable bonds is 27. The quantitative estimate of drug-likeness (QED) is 0.0925. The molecule has 0 spiro atoms. The van der Waals surface area contributed by atoms with Crippen LogP contribution in [0, 0.1) is 0 Å². The van der Waals surface area contributed by atoms with E-state index in [0.717, 1.165) is 26.2 Å². The third-order valence-electron chi connectivity index (χ3n) is 5.42. The van der Waals surface area contributed by atoms with E-state index in [1.807, 2.05) is 21.6 Å². The Hall–Kier alpha value is 0.540. The summed E-state index contributed by atoms with van der Waals surface area (Å²) in [7, 11) is 4.03. The van der Waals surface area contributed by atoms with Crippen LogP contribution in [0.3, 0.4) is 0 Å². The summed E-state index contributed by atoms with van der Waals surface area (Å²) < 4.78 is 0. The highest BCUT2D eigenvalue weighted by atomic mass is 33.1. The van der Waals surface area contributed by atoms with Crippen molar-refractivity contribution >= 4 is 21.6 Å². The molecule has 0 amide bonds. The van der Waals surface area contributed by atoms with E-state index in [9.17, 15) is 0 Å². The smallest absolute Gasteiger partial charge is 0.0162 e. The van der Waals surface area contributed by atoms with E-state index in [0.29, 0.717) is 0 Å². The van der Waals surface area contributed by atoms with E-state index in [1.54, 1.807) is 0 Å². The minimum atomic E-state index is 0.857. The maximum atomic E-state index is 5.52. The van der Waals surface area contributed by atoms with Gasteiger partial charge in [-0.1, -0.05) is 98.6 Å². The Kier molecular flexibility index (Phi) is 30.1. The zero-order valence-corrected chi connectivity index (χ0v) is 21.6. The zero-order valence-electron chi connectivity index (χ0n) is 19.9. The van der Waals surface area contributed by atoms with Crippen LogP contribution in [0.1, 0.15) is 103 Å². The van der Waals surface area contributed by atoms with Gasteiger partial charge in [0, 0.05) is 24.6 Å². The average molecular weight is 463 g/mol. The van der Waals surface area contributed by atoms with Crippen molar-refractivity contribution in [3.8, 4) is 0 Å². The Morgan fingerprint density at radius 3 is 1.00 bits per heavy atom. The van der Waals surface area contributed by atoms with Gasteiger partial charge in [-0.2, -0.15) is 0 Å². The minimum absolute atomic E-state index is 0.857. The SMILES string of the molecule is NCCCCCCCCCCNCCSSCCNCCCCCCCCCCN. The van der Waals surface area contributed by atoms with E-state index in [1.165, 1.54) is 127 Å². The van der Waals surface area contributed by atoms with Crippen molar-refractivity contribution in [1.82, 2.24) is 10.6 Å². The summed E-state index contributed by atoms with van der Waals surface area (Å²) in [6, 6.07) is 0. The van der Waals surface area contributed by atoms with Gasteiger partial charge in [0.2, 0.25) is 0 Å². The summed E-state index contributed by atoms with van der Waals surface area (Å²) >= 11 is 0. The first-order chi connectivity index (χ1) is 14.9. The molecule has 0 saturated carbocycles. The maximum Gasteiger partial charge on any atom is 0.0162 e. The summed E-state index contributed by atoms with van der Waals surface area (Å²) in [6.45, 7) is 6.39. The highest BCUT2D eigenvalue weighted by Gasteiger charge is 1.95. The molecule has 0 aromatic carbocycles. The Balaban J connectivity index is 2.97. The number of hydrogen-bond donors (Lipinski definition) is 4. The molecule has 0 fully saturated rings. The molecule has 0 aromatic heterocycles. The van der Waals surface area contributed by atoms with Crippen molar-refractivity contribution in [3.63, 3.8) is 0 Å². The van der Waals surface area contributed by atoms with Gasteiger partial charge in [-0.3, -0.25) is 0 Å². The Morgan fingerprint density at radius 1 is 0.367 bits per heavy atom. The lowest BCUT2D eigenvalue weighted by atomic mass is 10.1. The van der Waals surface area contributed by atoms with Crippen LogP contribution < -0.4 is 22.1 Å². The second-order valence-corrected chi connectivity index (χ2v) is 11.1. The van der Waals surface area contributed by atoms with Crippen molar-refractivity contribution < 1.29 is 0 Å². The van der Waals surface area contributed by atoms with Crippen LogP contribution in [0.5, 0.6) is 0 Å². The van der Waals surface area contributed by atoms with Crippen LogP contribution in [0.2, 0.25) is 0 Å². The molecular formula is C24H54N4S2. The van der Waals surface area contributed by atoms with Gasteiger partial charge in [0.05, 0.1) is 0 Å². The van der Waals surface area contributed by atoms with Gasteiger partial charge in [0.25, 0.3) is 0 Å². The Labute approximate surface area is 197 Å². The molecule has 0 aromatic rings. The van der Waals surface area contributed by atoms with Crippen molar-refractivity contribution in [2.75, 3.05) is 50.8 Å². The monoisotopic (exact) mass is 462 g/mol. The van der Waals surface area contributed by atoms with Crippen LogP contribution in [-0.4, -0.2) is 50.8 Å². The van der Waals surface area contributed by atoms with Crippen LogP contribution in [0.4, 0.5) is 0 Å². The summed E-state index contributed by atoms with van der Waals surface area (Å²) in [5.74, 6) is 2.44. The molecule has 0 radical (unpaired) electrons. The van der Waals surface area contributed by atoms with E-state index in [2.05, 4.69) is 10.6 Å². The maximum absolute atomic E-state index is 5.52. The fraction of sp³-hybridized carbons (Fsp3) is 1.00. The van der Waals surface area contributed by atoms with Crippen LogP contribution in [0.15, 0.2) is 0 Å². The summed E-state index contributed by atoms with van der Waals surface area (Å²) in [4.78, 5) is 0. The molecule has 0 aliphatic heterocycles. The molecule has 0 heterocycles. The Morgan fingerprint density at radius 2 is 0.667 bits per heavy atom. The molecule has 0 aliphatic rings. The van der Waals surface area contributed by atoms with Gasteiger partial charge < -0.3 is 22.1 Å². The predicted octanol–water partition coefficient (Wildman–Crippen LogP) is 5.71. The third-order valence-corrected chi connectivity index (χ3v) is 7.83. The van der Waals surface area contributed by atoms with Crippen molar-refractivity contribution in [2.24, 2.45) is 11.5 Å². The number of unbranched alkanes of at least 4 members (excludes halogenated alkanes) is 14. The first-order valence-electron chi connectivity index (χ1n) is 13.0. The highest BCUT2D eigenvalue weighted by Crippen LogP contribution is 2.19. The lowest BCUT2D eigenvalue weighted by Crippen LogP contribution is -2.19. The molecule has 6 N–H and O–H groups in total. The fourth-order valence-corrected chi connectivity index (χ4v) is 5.40. The Bertz CT molecular complexity index is 268. The van der Waals surface area contributed by atoms with Gasteiger partial charge >= 0.3 is 0 Å². The predicted molar refractivity (Wildman–Crippen MR) is 143 cm³/mol. The summed E-state index contributed by atoms with van der Waals surface area (Å²) in [6.07, 6.45) is 21.6. The molecule has 0 unspecified atom stereocenters. The number of nitrogens with two attached hydrogens (primary N) is 2. The first-order valence-corrected chi connectivity index (χ1v) is 15.5. The third kappa shape index (κ3) is 28.5. The molecule has 30 heavy (non-hydrogen) atoms.